The maximum atomic E-state index is 12.2. The van der Waals surface area contributed by atoms with Crippen LogP contribution in [0.4, 0.5) is 0 Å². The van der Waals surface area contributed by atoms with E-state index in [0.29, 0.717) is 23.7 Å². The van der Waals surface area contributed by atoms with Crippen LogP contribution in [0.1, 0.15) is 12.5 Å². The van der Waals surface area contributed by atoms with E-state index in [4.69, 9.17) is 4.74 Å². The van der Waals surface area contributed by atoms with Crippen molar-refractivity contribution in [2.75, 3.05) is 6.61 Å². The molecular formula is C17H15N3O4. The lowest BCUT2D eigenvalue weighted by molar-refractivity contribution is 0.336. The summed E-state index contributed by atoms with van der Waals surface area (Å²) in [5.74, 6) is -0.0549. The lowest BCUT2D eigenvalue weighted by Gasteiger charge is -2.14. The Bertz CT molecular complexity index is 966. The van der Waals surface area contributed by atoms with Crippen molar-refractivity contribution in [3.63, 3.8) is 0 Å². The number of nitrogens with zero attached hydrogens (tertiary/aromatic N) is 2. The van der Waals surface area contributed by atoms with Crippen molar-refractivity contribution < 1.29 is 9.84 Å². The average Bonchev–Trinajstić information content (AvgIpc) is 3.06. The minimum absolute atomic E-state index is 0.0559. The van der Waals surface area contributed by atoms with Gasteiger partial charge in [0.2, 0.25) is 5.88 Å². The fourth-order valence-corrected chi connectivity index (χ4v) is 2.36. The molecule has 2 heterocycles. The molecule has 0 spiro atoms. The van der Waals surface area contributed by atoms with Crippen molar-refractivity contribution in [2.24, 2.45) is 4.99 Å². The highest BCUT2D eigenvalue weighted by Crippen LogP contribution is 2.26. The fourth-order valence-electron chi connectivity index (χ4n) is 2.36. The molecule has 1 aliphatic heterocycles. The Kier molecular flexibility index (Phi) is 4.15. The summed E-state index contributed by atoms with van der Waals surface area (Å²) >= 11 is 0. The van der Waals surface area contributed by atoms with Crippen LogP contribution in [-0.2, 0) is 0 Å². The van der Waals surface area contributed by atoms with Gasteiger partial charge in [0.05, 0.1) is 18.0 Å². The summed E-state index contributed by atoms with van der Waals surface area (Å²) in [4.78, 5) is 30.5. The highest BCUT2D eigenvalue weighted by molar-refractivity contribution is 5.79. The van der Waals surface area contributed by atoms with Crippen molar-refractivity contribution >= 4 is 12.3 Å². The zero-order chi connectivity index (χ0) is 17.1. The van der Waals surface area contributed by atoms with Crippen LogP contribution < -0.4 is 16.0 Å². The Morgan fingerprint density at radius 3 is 2.83 bits per heavy atom. The second-order valence-electron chi connectivity index (χ2n) is 4.94. The predicted octanol–water partition coefficient (Wildman–Crippen LogP) is 1.61. The molecular weight excluding hydrogens is 310 g/mol. The standard InChI is InChI=1S/C17H15N3O4/c1-2-24-14-8-4-3-7-13(14)20-16(22)12(15(21)19-17(20)23)10-11-6-5-9-18-11/h3-10,22H,2H2,1H3,(H,19,21,23)/b11-10-. The molecule has 0 bridgehead atoms. The van der Waals surface area contributed by atoms with Crippen LogP contribution in [0, 0.1) is 0 Å². The van der Waals surface area contributed by atoms with Crippen molar-refractivity contribution in [2.45, 2.75) is 6.92 Å². The number of hydrogen-bond acceptors (Lipinski definition) is 5. The third-order valence-electron chi connectivity index (χ3n) is 3.40. The molecule has 122 valence electrons. The number of allylic oxidation sites excluding steroid dienone is 2. The number of aromatic hydroxyl groups is 1. The van der Waals surface area contributed by atoms with Gasteiger partial charge in [-0.25, -0.2) is 9.36 Å². The third-order valence-corrected chi connectivity index (χ3v) is 3.40. The monoisotopic (exact) mass is 325 g/mol. The SMILES string of the molecule is CCOc1ccccc1-n1c(O)c(/C=C2/C=CC=N2)c(=O)[nH]c1=O. The number of hydrogen-bond donors (Lipinski definition) is 2. The largest absolute Gasteiger partial charge is 0.494 e. The summed E-state index contributed by atoms with van der Waals surface area (Å²) in [6.07, 6.45) is 6.37. The number of rotatable bonds is 4. The van der Waals surface area contributed by atoms with Crippen LogP contribution in [0.15, 0.2) is 56.7 Å². The normalized spacial score (nSPS) is 14.5. The van der Waals surface area contributed by atoms with E-state index in [1.165, 1.54) is 6.08 Å². The molecule has 0 saturated heterocycles. The van der Waals surface area contributed by atoms with E-state index in [9.17, 15) is 14.7 Å². The molecule has 1 aliphatic rings. The quantitative estimate of drug-likeness (QED) is 0.892. The van der Waals surface area contributed by atoms with Gasteiger partial charge in [0.1, 0.15) is 11.3 Å². The summed E-state index contributed by atoms with van der Waals surface area (Å²) in [7, 11) is 0. The number of aliphatic imine (C=N–C) groups is 1. The number of ether oxygens (including phenoxy) is 1. The van der Waals surface area contributed by atoms with Gasteiger partial charge in [-0.05, 0) is 37.3 Å². The van der Waals surface area contributed by atoms with E-state index in [1.807, 2.05) is 6.92 Å². The topological polar surface area (TPSA) is 96.7 Å². The number of aromatic amines is 1. The van der Waals surface area contributed by atoms with E-state index in [1.54, 1.807) is 42.6 Å². The summed E-state index contributed by atoms with van der Waals surface area (Å²) in [6, 6.07) is 6.76. The molecule has 0 aliphatic carbocycles. The minimum atomic E-state index is -0.753. The first-order valence-corrected chi connectivity index (χ1v) is 7.34. The lowest BCUT2D eigenvalue weighted by Crippen LogP contribution is -2.30. The molecule has 2 N–H and O–H groups in total. The van der Waals surface area contributed by atoms with Gasteiger partial charge >= 0.3 is 5.69 Å². The fraction of sp³-hybridized carbons (Fsp3) is 0.118. The van der Waals surface area contributed by atoms with Crippen LogP contribution in [0.3, 0.4) is 0 Å². The molecule has 0 atom stereocenters. The van der Waals surface area contributed by atoms with Crippen LogP contribution >= 0.6 is 0 Å². The summed E-state index contributed by atoms with van der Waals surface area (Å²) in [5, 5.41) is 10.5. The Morgan fingerprint density at radius 2 is 2.12 bits per heavy atom. The molecule has 1 aromatic heterocycles. The zero-order valence-electron chi connectivity index (χ0n) is 12.9. The molecule has 7 nitrogen and oxygen atoms in total. The minimum Gasteiger partial charge on any atom is -0.494 e. The number of aromatic nitrogens is 2. The van der Waals surface area contributed by atoms with Gasteiger partial charge < -0.3 is 9.84 Å². The van der Waals surface area contributed by atoms with Crippen LogP contribution in [0.5, 0.6) is 11.6 Å². The van der Waals surface area contributed by atoms with Gasteiger partial charge in [-0.3, -0.25) is 14.8 Å². The molecule has 3 rings (SSSR count). The summed E-state index contributed by atoms with van der Waals surface area (Å²) < 4.78 is 6.49. The van der Waals surface area contributed by atoms with Gasteiger partial charge in [0, 0.05) is 6.21 Å². The van der Waals surface area contributed by atoms with Crippen LogP contribution in [-0.4, -0.2) is 27.5 Å². The second-order valence-corrected chi connectivity index (χ2v) is 4.94. The van der Waals surface area contributed by atoms with E-state index in [-0.39, 0.29) is 5.56 Å². The second kappa shape index (κ2) is 6.41. The molecule has 0 unspecified atom stereocenters. The maximum absolute atomic E-state index is 12.2. The van der Waals surface area contributed by atoms with E-state index in [0.717, 1.165) is 4.57 Å². The van der Waals surface area contributed by atoms with E-state index >= 15 is 0 Å². The first kappa shape index (κ1) is 15.5. The number of benzene rings is 1. The Hall–Kier alpha value is -3.35. The molecule has 1 aromatic carbocycles. The van der Waals surface area contributed by atoms with Crippen molar-refractivity contribution in [3.05, 3.63) is 68.5 Å². The smallest absolute Gasteiger partial charge is 0.335 e. The van der Waals surface area contributed by atoms with E-state index < -0.39 is 17.1 Å². The molecule has 0 fully saturated rings. The number of para-hydroxylation sites is 2. The Balaban J connectivity index is 2.25. The van der Waals surface area contributed by atoms with Gasteiger partial charge in [0.15, 0.2) is 0 Å². The molecule has 0 amide bonds. The first-order valence-electron chi connectivity index (χ1n) is 7.34. The predicted molar refractivity (Wildman–Crippen MR) is 91.1 cm³/mol. The Labute approximate surface area is 136 Å². The zero-order valence-corrected chi connectivity index (χ0v) is 12.9. The number of nitrogens with one attached hydrogen (secondary N) is 1. The van der Waals surface area contributed by atoms with Crippen molar-refractivity contribution in [1.29, 1.82) is 0 Å². The van der Waals surface area contributed by atoms with E-state index in [2.05, 4.69) is 9.98 Å². The number of H-pyrrole nitrogens is 1. The highest BCUT2D eigenvalue weighted by Gasteiger charge is 2.17. The maximum Gasteiger partial charge on any atom is 0.335 e. The van der Waals surface area contributed by atoms with Gasteiger partial charge in [0.25, 0.3) is 5.56 Å². The average molecular weight is 325 g/mol. The lowest BCUT2D eigenvalue weighted by atomic mass is 10.2. The molecule has 24 heavy (non-hydrogen) atoms. The van der Waals surface area contributed by atoms with Gasteiger partial charge in [-0.1, -0.05) is 12.1 Å². The molecule has 2 aromatic rings. The van der Waals surface area contributed by atoms with Gasteiger partial charge in [-0.15, -0.1) is 0 Å². The highest BCUT2D eigenvalue weighted by atomic mass is 16.5. The van der Waals surface area contributed by atoms with Crippen molar-refractivity contribution in [3.8, 4) is 17.3 Å². The first-order chi connectivity index (χ1) is 11.6. The third kappa shape index (κ3) is 2.79. The van der Waals surface area contributed by atoms with Gasteiger partial charge in [-0.2, -0.15) is 0 Å². The Morgan fingerprint density at radius 1 is 1.33 bits per heavy atom. The van der Waals surface area contributed by atoms with Crippen molar-refractivity contribution in [1.82, 2.24) is 9.55 Å². The molecule has 7 heteroatoms. The summed E-state index contributed by atoms with van der Waals surface area (Å²) in [5.41, 5.74) is -0.662. The summed E-state index contributed by atoms with van der Waals surface area (Å²) in [6.45, 7) is 2.21. The van der Waals surface area contributed by atoms with Crippen LogP contribution in [0.25, 0.3) is 11.8 Å². The molecule has 0 saturated carbocycles. The molecule has 0 radical (unpaired) electrons. The van der Waals surface area contributed by atoms with Crippen LogP contribution in [0.2, 0.25) is 0 Å².